The second-order valence-electron chi connectivity index (χ2n) is 4.14. The number of benzene rings is 1. The molecule has 0 radical (unpaired) electrons. The molecule has 1 aromatic carbocycles. The van der Waals surface area contributed by atoms with Crippen LogP contribution in [0.25, 0.3) is 0 Å². The zero-order valence-corrected chi connectivity index (χ0v) is 12.1. The van der Waals surface area contributed by atoms with Crippen LogP contribution in [0.5, 0.6) is 0 Å². The van der Waals surface area contributed by atoms with E-state index >= 15 is 0 Å². The second-order valence-corrected chi connectivity index (χ2v) is 6.03. The van der Waals surface area contributed by atoms with Gasteiger partial charge in [0.05, 0.1) is 6.10 Å². The van der Waals surface area contributed by atoms with E-state index in [0.29, 0.717) is 0 Å². The third kappa shape index (κ3) is 3.41. The Morgan fingerprint density at radius 1 is 1.35 bits per heavy atom. The monoisotopic (exact) mass is 310 g/mol. The summed E-state index contributed by atoms with van der Waals surface area (Å²) in [6.45, 7) is 2.04. The van der Waals surface area contributed by atoms with Crippen LogP contribution >= 0.6 is 27.3 Å². The smallest absolute Gasteiger partial charge is 0.0793 e. The van der Waals surface area contributed by atoms with Crippen molar-refractivity contribution in [2.24, 2.45) is 0 Å². The van der Waals surface area contributed by atoms with Gasteiger partial charge in [0.15, 0.2) is 0 Å². The molecule has 0 bridgehead atoms. The number of rotatable bonds is 4. The molecule has 17 heavy (non-hydrogen) atoms. The van der Waals surface area contributed by atoms with E-state index in [0.717, 1.165) is 28.4 Å². The molecule has 2 rings (SSSR count). The summed E-state index contributed by atoms with van der Waals surface area (Å²) in [5, 5.41) is 12.2. The largest absolute Gasteiger partial charge is 0.388 e. The van der Waals surface area contributed by atoms with Crippen molar-refractivity contribution in [2.75, 3.05) is 0 Å². The zero-order valence-electron chi connectivity index (χ0n) is 9.69. The number of hydrogen-bond donors (Lipinski definition) is 1. The molecule has 1 N–H and O–H groups in total. The molecule has 1 heterocycles. The first-order valence-corrected chi connectivity index (χ1v) is 7.30. The van der Waals surface area contributed by atoms with E-state index in [2.05, 4.69) is 33.4 Å². The molecular formula is C14H15BrOS. The quantitative estimate of drug-likeness (QED) is 0.882. The maximum absolute atomic E-state index is 10.1. The predicted molar refractivity (Wildman–Crippen MR) is 76.5 cm³/mol. The van der Waals surface area contributed by atoms with Crippen molar-refractivity contribution in [3.63, 3.8) is 0 Å². The van der Waals surface area contributed by atoms with E-state index in [1.165, 1.54) is 4.88 Å². The number of aliphatic hydroxyl groups is 1. The lowest BCUT2D eigenvalue weighted by Gasteiger charge is -2.11. The summed E-state index contributed by atoms with van der Waals surface area (Å²) in [7, 11) is 0. The summed E-state index contributed by atoms with van der Waals surface area (Å²) >= 11 is 5.22. The average Bonchev–Trinajstić information content (AvgIpc) is 2.82. The molecule has 0 saturated carbocycles. The van der Waals surface area contributed by atoms with Gasteiger partial charge in [-0.25, -0.2) is 0 Å². The van der Waals surface area contributed by atoms with Crippen LogP contribution in [0.15, 0.2) is 40.2 Å². The maximum atomic E-state index is 10.1. The highest BCUT2D eigenvalue weighted by molar-refractivity contribution is 9.10. The average molecular weight is 311 g/mol. The molecule has 2 aromatic rings. The van der Waals surface area contributed by atoms with Gasteiger partial charge in [-0.1, -0.05) is 34.1 Å². The van der Waals surface area contributed by atoms with Gasteiger partial charge in [-0.15, -0.1) is 11.3 Å². The first-order valence-electron chi connectivity index (χ1n) is 5.63. The Bertz CT molecular complexity index is 479. The highest BCUT2D eigenvalue weighted by Gasteiger charge is 2.09. The molecule has 1 nitrogen and oxygen atoms in total. The van der Waals surface area contributed by atoms with Crippen molar-refractivity contribution in [2.45, 2.75) is 25.9 Å². The van der Waals surface area contributed by atoms with Gasteiger partial charge in [0.25, 0.3) is 0 Å². The third-order valence-electron chi connectivity index (χ3n) is 2.81. The topological polar surface area (TPSA) is 20.2 Å². The fourth-order valence-electron chi connectivity index (χ4n) is 1.78. The van der Waals surface area contributed by atoms with Gasteiger partial charge in [0.2, 0.25) is 0 Å². The number of halogens is 1. The number of aryl methyl sites for hydroxylation is 2. The van der Waals surface area contributed by atoms with Crippen molar-refractivity contribution >= 4 is 27.3 Å². The van der Waals surface area contributed by atoms with E-state index in [-0.39, 0.29) is 6.10 Å². The lowest BCUT2D eigenvalue weighted by Crippen LogP contribution is -1.99. The predicted octanol–water partition coefficient (Wildman–Crippen LogP) is 4.49. The molecule has 0 spiro atoms. The Labute approximate surface area is 114 Å². The Kier molecular flexibility index (Phi) is 4.37. The molecule has 0 aliphatic rings. The minimum absolute atomic E-state index is 0.371. The van der Waals surface area contributed by atoms with Crippen LogP contribution in [0.2, 0.25) is 0 Å². The minimum atomic E-state index is -0.371. The second kappa shape index (κ2) is 5.80. The molecule has 1 unspecified atom stereocenters. The zero-order chi connectivity index (χ0) is 12.3. The molecule has 3 heteroatoms. The first-order chi connectivity index (χ1) is 8.16. The van der Waals surface area contributed by atoms with Crippen LogP contribution in [-0.4, -0.2) is 5.11 Å². The van der Waals surface area contributed by atoms with Crippen LogP contribution in [0.4, 0.5) is 0 Å². The van der Waals surface area contributed by atoms with E-state index < -0.39 is 0 Å². The standard InChI is InChI=1S/C14H15BrOS/c1-10-9-11(4-6-13(10)15)14(16)7-5-12-3-2-8-17-12/h2-4,6,8-9,14,16H,5,7H2,1H3. The van der Waals surface area contributed by atoms with Gasteiger partial charge in [0.1, 0.15) is 0 Å². The molecule has 1 aromatic heterocycles. The Hall–Kier alpha value is -0.640. The molecule has 0 amide bonds. The molecule has 0 aliphatic heterocycles. The summed E-state index contributed by atoms with van der Waals surface area (Å²) in [5.74, 6) is 0. The Morgan fingerprint density at radius 2 is 2.18 bits per heavy atom. The summed E-state index contributed by atoms with van der Waals surface area (Å²) in [5.41, 5.74) is 2.17. The Balaban J connectivity index is 1.99. The van der Waals surface area contributed by atoms with Gasteiger partial charge in [-0.05, 0) is 48.4 Å². The third-order valence-corrected chi connectivity index (χ3v) is 4.64. The Morgan fingerprint density at radius 3 is 2.82 bits per heavy atom. The molecule has 0 fully saturated rings. The molecular weight excluding hydrogens is 296 g/mol. The number of thiophene rings is 1. The molecule has 1 atom stereocenters. The lowest BCUT2D eigenvalue weighted by atomic mass is 10.0. The normalized spacial score (nSPS) is 12.6. The minimum Gasteiger partial charge on any atom is -0.388 e. The van der Waals surface area contributed by atoms with Crippen molar-refractivity contribution in [1.82, 2.24) is 0 Å². The van der Waals surface area contributed by atoms with E-state index in [9.17, 15) is 5.11 Å². The van der Waals surface area contributed by atoms with E-state index in [4.69, 9.17) is 0 Å². The van der Waals surface area contributed by atoms with Crippen LogP contribution < -0.4 is 0 Å². The maximum Gasteiger partial charge on any atom is 0.0793 e. The molecule has 0 aliphatic carbocycles. The van der Waals surface area contributed by atoms with Gasteiger partial charge < -0.3 is 5.11 Å². The van der Waals surface area contributed by atoms with Crippen molar-refractivity contribution < 1.29 is 5.11 Å². The van der Waals surface area contributed by atoms with Crippen LogP contribution in [0, 0.1) is 6.92 Å². The molecule has 0 saturated heterocycles. The van der Waals surface area contributed by atoms with Crippen molar-refractivity contribution in [1.29, 1.82) is 0 Å². The van der Waals surface area contributed by atoms with Crippen molar-refractivity contribution in [3.05, 3.63) is 56.2 Å². The highest BCUT2D eigenvalue weighted by Crippen LogP contribution is 2.24. The van der Waals surface area contributed by atoms with E-state index in [1.54, 1.807) is 11.3 Å². The van der Waals surface area contributed by atoms with Gasteiger partial charge in [-0.2, -0.15) is 0 Å². The van der Waals surface area contributed by atoms with Gasteiger partial charge >= 0.3 is 0 Å². The lowest BCUT2D eigenvalue weighted by molar-refractivity contribution is 0.168. The van der Waals surface area contributed by atoms with Crippen LogP contribution in [0.3, 0.4) is 0 Å². The van der Waals surface area contributed by atoms with Crippen molar-refractivity contribution in [3.8, 4) is 0 Å². The van der Waals surface area contributed by atoms with Crippen LogP contribution in [-0.2, 0) is 6.42 Å². The number of hydrogen-bond acceptors (Lipinski definition) is 2. The summed E-state index contributed by atoms with van der Waals surface area (Å²) in [6.07, 6.45) is 1.35. The fourth-order valence-corrected chi connectivity index (χ4v) is 2.75. The summed E-state index contributed by atoms with van der Waals surface area (Å²) in [6, 6.07) is 10.2. The summed E-state index contributed by atoms with van der Waals surface area (Å²) in [4.78, 5) is 1.33. The fraction of sp³-hybridized carbons (Fsp3) is 0.286. The molecule has 90 valence electrons. The van der Waals surface area contributed by atoms with Gasteiger partial charge in [-0.3, -0.25) is 0 Å². The highest BCUT2D eigenvalue weighted by atomic mass is 79.9. The summed E-state index contributed by atoms with van der Waals surface area (Å²) < 4.78 is 1.09. The number of aliphatic hydroxyl groups excluding tert-OH is 1. The van der Waals surface area contributed by atoms with Gasteiger partial charge in [0, 0.05) is 9.35 Å². The van der Waals surface area contributed by atoms with E-state index in [1.807, 2.05) is 25.1 Å². The SMILES string of the molecule is Cc1cc(C(O)CCc2cccs2)ccc1Br. The first kappa shape index (κ1) is 12.8. The van der Waals surface area contributed by atoms with Crippen LogP contribution in [0.1, 0.15) is 28.5 Å².